The zero-order chi connectivity index (χ0) is 20.1. The first kappa shape index (κ1) is 17.5. The molecule has 7 heteroatoms. The maximum absolute atomic E-state index is 4.98. The molecule has 4 aromatic rings. The molecule has 0 saturated heterocycles. The van der Waals surface area contributed by atoms with E-state index < -0.39 is 0 Å². The van der Waals surface area contributed by atoms with Gasteiger partial charge in [-0.05, 0) is 37.6 Å². The predicted octanol–water partition coefficient (Wildman–Crippen LogP) is 3.30. The minimum atomic E-state index is 0.835. The summed E-state index contributed by atoms with van der Waals surface area (Å²) in [6, 6.07) is 10.3. The number of fused-ring (bicyclic) bond motifs is 2. The predicted molar refractivity (Wildman–Crippen MR) is 115 cm³/mol. The van der Waals surface area contributed by atoms with Gasteiger partial charge in [-0.2, -0.15) is 0 Å². The van der Waals surface area contributed by atoms with Crippen molar-refractivity contribution in [2.75, 3.05) is 6.54 Å². The second kappa shape index (κ2) is 6.88. The van der Waals surface area contributed by atoms with Crippen LogP contribution < -0.4 is 5.32 Å². The van der Waals surface area contributed by atoms with Gasteiger partial charge in [0.15, 0.2) is 5.82 Å². The van der Waals surface area contributed by atoms with Gasteiger partial charge < -0.3 is 14.9 Å². The van der Waals surface area contributed by atoms with E-state index in [1.165, 1.54) is 5.69 Å². The lowest BCUT2D eigenvalue weighted by molar-refractivity contribution is 0.627. The van der Waals surface area contributed by atoms with Crippen molar-refractivity contribution in [3.63, 3.8) is 0 Å². The fourth-order valence-electron chi connectivity index (χ4n) is 4.52. The quantitative estimate of drug-likeness (QED) is 0.554. The summed E-state index contributed by atoms with van der Waals surface area (Å²) in [6.07, 6.45) is 4.96. The van der Waals surface area contributed by atoms with Gasteiger partial charge >= 0.3 is 0 Å². The molecule has 0 spiro atoms. The molecule has 0 saturated carbocycles. The fraction of sp³-hybridized carbons (Fsp3) is 0.304. The Kier molecular flexibility index (Phi) is 4.02. The molecule has 7 nitrogen and oxygen atoms in total. The number of hydrogen-bond acceptors (Lipinski definition) is 5. The Hall–Kier alpha value is -3.32. The molecular weight excluding hydrogens is 374 g/mol. The number of rotatable bonds is 3. The number of imidazole rings is 2. The Balaban J connectivity index is 1.48. The van der Waals surface area contributed by atoms with Crippen LogP contribution in [0.2, 0.25) is 0 Å². The van der Waals surface area contributed by atoms with E-state index in [-0.39, 0.29) is 0 Å². The molecule has 0 radical (unpaired) electrons. The minimum Gasteiger partial charge on any atom is -0.339 e. The molecule has 0 amide bonds. The fourth-order valence-corrected chi connectivity index (χ4v) is 4.52. The van der Waals surface area contributed by atoms with Gasteiger partial charge in [-0.15, -0.1) is 0 Å². The van der Waals surface area contributed by atoms with Crippen molar-refractivity contribution in [3.8, 4) is 34.2 Å². The molecule has 2 N–H and O–H groups in total. The summed E-state index contributed by atoms with van der Waals surface area (Å²) >= 11 is 0. The Morgan fingerprint density at radius 1 is 1.03 bits per heavy atom. The lowest BCUT2D eigenvalue weighted by atomic mass is 10.1. The Morgan fingerprint density at radius 3 is 2.90 bits per heavy atom. The summed E-state index contributed by atoms with van der Waals surface area (Å²) < 4.78 is 2.34. The van der Waals surface area contributed by atoms with E-state index in [0.717, 1.165) is 90.3 Å². The summed E-state index contributed by atoms with van der Waals surface area (Å²) in [5, 5.41) is 3.39. The zero-order valence-electron chi connectivity index (χ0n) is 16.9. The van der Waals surface area contributed by atoms with Crippen LogP contribution in [-0.4, -0.2) is 36.0 Å². The molecule has 150 valence electrons. The number of H-pyrrole nitrogens is 1. The number of hydrogen-bond donors (Lipinski definition) is 2. The topological polar surface area (TPSA) is 84.3 Å². The lowest BCUT2D eigenvalue weighted by Crippen LogP contribution is -2.23. The van der Waals surface area contributed by atoms with E-state index in [4.69, 9.17) is 15.0 Å². The van der Waals surface area contributed by atoms with E-state index in [2.05, 4.69) is 32.0 Å². The highest BCUT2D eigenvalue weighted by molar-refractivity contribution is 5.79. The molecular formula is C23H23N7. The second-order valence-electron chi connectivity index (χ2n) is 8.01. The first-order valence-corrected chi connectivity index (χ1v) is 10.5. The molecule has 0 aliphatic carbocycles. The molecule has 0 fully saturated rings. The van der Waals surface area contributed by atoms with Crippen LogP contribution in [0.1, 0.15) is 29.3 Å². The van der Waals surface area contributed by atoms with Gasteiger partial charge in [-0.3, -0.25) is 9.97 Å². The monoisotopic (exact) mass is 397 g/mol. The molecule has 6 rings (SSSR count). The maximum Gasteiger partial charge on any atom is 0.156 e. The molecule has 0 aromatic carbocycles. The Labute approximate surface area is 174 Å². The van der Waals surface area contributed by atoms with Crippen molar-refractivity contribution >= 4 is 0 Å². The van der Waals surface area contributed by atoms with Gasteiger partial charge in [0.25, 0.3) is 0 Å². The van der Waals surface area contributed by atoms with Crippen LogP contribution >= 0.6 is 0 Å². The maximum atomic E-state index is 4.98. The Morgan fingerprint density at radius 2 is 2.00 bits per heavy atom. The molecule has 30 heavy (non-hydrogen) atoms. The van der Waals surface area contributed by atoms with Gasteiger partial charge in [0, 0.05) is 49.9 Å². The summed E-state index contributed by atoms with van der Waals surface area (Å²) in [7, 11) is 0. The number of aromatic nitrogens is 6. The van der Waals surface area contributed by atoms with Gasteiger partial charge in [0.1, 0.15) is 17.2 Å². The molecule has 0 bridgehead atoms. The SMILES string of the molecule is Cc1cccc(-c2nc3n(c2-c2ccnc(-c4nc5c([nH]4)CNCC5)c2)CCC3)n1. The van der Waals surface area contributed by atoms with Gasteiger partial charge in [0.2, 0.25) is 0 Å². The van der Waals surface area contributed by atoms with E-state index >= 15 is 0 Å². The number of nitrogens with one attached hydrogen (secondary N) is 2. The first-order valence-electron chi connectivity index (χ1n) is 10.5. The third-order valence-corrected chi connectivity index (χ3v) is 5.94. The lowest BCUT2D eigenvalue weighted by Gasteiger charge is -2.09. The van der Waals surface area contributed by atoms with Crippen LogP contribution in [0, 0.1) is 6.92 Å². The smallest absolute Gasteiger partial charge is 0.156 e. The standard InChI is InChI=1S/C23H23N7/c1-14-4-2-5-17(26-14)21-22(30-11-3-6-20(30)29-21)15-7-10-25-18(12-15)23-27-16-8-9-24-13-19(16)28-23/h2,4-5,7,10,12,24H,3,6,8-9,11,13H2,1H3,(H,27,28). The van der Waals surface area contributed by atoms with Gasteiger partial charge in [-0.25, -0.2) is 9.97 Å². The second-order valence-corrected chi connectivity index (χ2v) is 8.01. The zero-order valence-corrected chi connectivity index (χ0v) is 16.9. The van der Waals surface area contributed by atoms with E-state index in [0.29, 0.717) is 0 Å². The average molecular weight is 397 g/mol. The highest BCUT2D eigenvalue weighted by Gasteiger charge is 2.24. The van der Waals surface area contributed by atoms with Crippen molar-refractivity contribution in [2.24, 2.45) is 0 Å². The molecule has 4 aromatic heterocycles. The van der Waals surface area contributed by atoms with E-state index in [1.807, 2.05) is 31.3 Å². The third kappa shape index (κ3) is 2.85. The molecule has 2 aliphatic rings. The molecule has 0 atom stereocenters. The molecule has 6 heterocycles. The van der Waals surface area contributed by atoms with Crippen LogP contribution in [0.25, 0.3) is 34.2 Å². The van der Waals surface area contributed by atoms with Crippen molar-refractivity contribution in [1.82, 2.24) is 34.8 Å². The largest absolute Gasteiger partial charge is 0.339 e. The highest BCUT2D eigenvalue weighted by atomic mass is 15.1. The van der Waals surface area contributed by atoms with Crippen LogP contribution in [0.4, 0.5) is 0 Å². The van der Waals surface area contributed by atoms with Crippen molar-refractivity contribution in [3.05, 3.63) is 59.4 Å². The van der Waals surface area contributed by atoms with Crippen LogP contribution in [0.3, 0.4) is 0 Å². The summed E-state index contributed by atoms with van der Waals surface area (Å²) in [4.78, 5) is 22.6. The van der Waals surface area contributed by atoms with E-state index in [1.54, 1.807) is 0 Å². The van der Waals surface area contributed by atoms with Crippen molar-refractivity contribution < 1.29 is 0 Å². The number of nitrogens with zero attached hydrogens (tertiary/aromatic N) is 5. The summed E-state index contributed by atoms with van der Waals surface area (Å²) in [5.41, 5.74) is 8.27. The summed E-state index contributed by atoms with van der Waals surface area (Å²) in [5.74, 6) is 1.98. The van der Waals surface area contributed by atoms with Crippen molar-refractivity contribution in [2.45, 2.75) is 39.3 Å². The van der Waals surface area contributed by atoms with Gasteiger partial charge in [-0.1, -0.05) is 6.07 Å². The van der Waals surface area contributed by atoms with Crippen LogP contribution in [-0.2, 0) is 25.9 Å². The molecule has 0 unspecified atom stereocenters. The number of aromatic amines is 1. The Bertz CT molecular complexity index is 1230. The van der Waals surface area contributed by atoms with Crippen LogP contribution in [0.5, 0.6) is 0 Å². The van der Waals surface area contributed by atoms with Crippen LogP contribution in [0.15, 0.2) is 36.5 Å². The normalized spacial score (nSPS) is 15.2. The molecule has 2 aliphatic heterocycles. The van der Waals surface area contributed by atoms with Crippen molar-refractivity contribution in [1.29, 1.82) is 0 Å². The van der Waals surface area contributed by atoms with Gasteiger partial charge in [0.05, 0.1) is 22.8 Å². The number of aryl methyl sites for hydroxylation is 2. The average Bonchev–Trinajstić information content (AvgIpc) is 3.47. The third-order valence-electron chi connectivity index (χ3n) is 5.94. The first-order chi connectivity index (χ1) is 14.8. The minimum absolute atomic E-state index is 0.835. The highest BCUT2D eigenvalue weighted by Crippen LogP contribution is 2.36. The van der Waals surface area contributed by atoms with E-state index in [9.17, 15) is 0 Å². The summed E-state index contributed by atoms with van der Waals surface area (Å²) in [6.45, 7) is 4.81. The number of pyridine rings is 2.